The molecule has 1 aromatic heterocycles. The van der Waals surface area contributed by atoms with Gasteiger partial charge in [0.15, 0.2) is 0 Å². The zero-order chi connectivity index (χ0) is 13.1. The van der Waals surface area contributed by atoms with Crippen LogP contribution < -0.4 is 5.73 Å². The summed E-state index contributed by atoms with van der Waals surface area (Å²) in [7, 11) is 1.87. The largest absolute Gasteiger partial charge is 0.326 e. The second-order valence-corrected chi connectivity index (χ2v) is 5.02. The first-order valence-electron chi connectivity index (χ1n) is 6.27. The lowest BCUT2D eigenvalue weighted by molar-refractivity contribution is 0.106. The third-order valence-electron chi connectivity index (χ3n) is 3.57. The van der Waals surface area contributed by atoms with Gasteiger partial charge < -0.3 is 5.73 Å². The van der Waals surface area contributed by atoms with Gasteiger partial charge in [-0.2, -0.15) is 0 Å². The van der Waals surface area contributed by atoms with E-state index in [1.165, 1.54) is 0 Å². The van der Waals surface area contributed by atoms with Crippen LogP contribution in [0.1, 0.15) is 33.4 Å². The molecule has 5 heteroatoms. The fraction of sp³-hybridized carbons (Fsp3) is 0.833. The summed E-state index contributed by atoms with van der Waals surface area (Å²) in [5, 5.41) is 8.03. The first-order valence-corrected chi connectivity index (χ1v) is 6.27. The molecule has 1 aromatic rings. The van der Waals surface area contributed by atoms with Crippen LogP contribution >= 0.6 is 0 Å². The van der Waals surface area contributed by atoms with Crippen molar-refractivity contribution in [1.82, 2.24) is 19.9 Å². The number of hydrogen-bond donors (Lipinski definition) is 1. The van der Waals surface area contributed by atoms with Gasteiger partial charge in [0.25, 0.3) is 0 Å². The summed E-state index contributed by atoms with van der Waals surface area (Å²) in [6.07, 6.45) is 2.69. The average Bonchev–Trinajstić information content (AvgIpc) is 2.65. The predicted molar refractivity (Wildman–Crippen MR) is 69.7 cm³/mol. The number of nitrogens with zero attached hydrogens (tertiary/aromatic N) is 4. The minimum Gasteiger partial charge on any atom is -0.326 e. The first kappa shape index (κ1) is 14.1. The van der Waals surface area contributed by atoms with Crippen LogP contribution in [-0.4, -0.2) is 44.6 Å². The van der Waals surface area contributed by atoms with Crippen LogP contribution in [0.5, 0.6) is 0 Å². The first-order chi connectivity index (χ1) is 7.91. The number of rotatable bonds is 6. The fourth-order valence-electron chi connectivity index (χ4n) is 2.24. The normalized spacial score (nSPS) is 14.3. The molecular formula is C12H25N5. The van der Waals surface area contributed by atoms with E-state index >= 15 is 0 Å². The molecule has 1 unspecified atom stereocenters. The number of aromatic nitrogens is 3. The van der Waals surface area contributed by atoms with Crippen molar-refractivity contribution in [2.45, 2.75) is 45.7 Å². The standard InChI is InChI=1S/C12H25N5/c1-6-17(7-2)12(3,4)11(13)8-10-9-16(5)15-14-10/h9,11H,6-8,13H2,1-5H3. The Balaban J connectivity index is 2.71. The van der Waals surface area contributed by atoms with Gasteiger partial charge in [0.05, 0.1) is 5.69 Å². The molecule has 17 heavy (non-hydrogen) atoms. The molecule has 0 bridgehead atoms. The van der Waals surface area contributed by atoms with Crippen molar-refractivity contribution in [2.75, 3.05) is 13.1 Å². The van der Waals surface area contributed by atoms with Crippen molar-refractivity contribution in [3.63, 3.8) is 0 Å². The van der Waals surface area contributed by atoms with Crippen molar-refractivity contribution in [2.24, 2.45) is 12.8 Å². The molecule has 0 aromatic carbocycles. The molecule has 0 fully saturated rings. The summed E-state index contributed by atoms with van der Waals surface area (Å²) in [6.45, 7) is 10.7. The Hall–Kier alpha value is -0.940. The lowest BCUT2D eigenvalue weighted by atomic mass is 9.89. The number of hydrogen-bond acceptors (Lipinski definition) is 4. The van der Waals surface area contributed by atoms with Gasteiger partial charge >= 0.3 is 0 Å². The fourth-order valence-corrected chi connectivity index (χ4v) is 2.24. The minimum absolute atomic E-state index is 0.0268. The van der Waals surface area contributed by atoms with Crippen LogP contribution in [0.4, 0.5) is 0 Å². The topological polar surface area (TPSA) is 60.0 Å². The zero-order valence-corrected chi connectivity index (χ0v) is 11.6. The van der Waals surface area contributed by atoms with E-state index in [1.807, 2.05) is 13.2 Å². The molecule has 0 amide bonds. The highest BCUT2D eigenvalue weighted by Gasteiger charge is 2.31. The monoisotopic (exact) mass is 239 g/mol. The van der Waals surface area contributed by atoms with E-state index in [1.54, 1.807) is 4.68 Å². The number of aryl methyl sites for hydroxylation is 1. The van der Waals surface area contributed by atoms with Crippen LogP contribution in [0.2, 0.25) is 0 Å². The smallest absolute Gasteiger partial charge is 0.0843 e. The summed E-state index contributed by atoms with van der Waals surface area (Å²) < 4.78 is 1.71. The molecule has 1 heterocycles. The molecule has 0 saturated carbocycles. The van der Waals surface area contributed by atoms with Crippen LogP contribution in [0.25, 0.3) is 0 Å². The van der Waals surface area contributed by atoms with E-state index in [4.69, 9.17) is 5.73 Å². The Bertz CT molecular complexity index is 340. The highest BCUT2D eigenvalue weighted by molar-refractivity contribution is 5.01. The molecule has 1 atom stereocenters. The van der Waals surface area contributed by atoms with E-state index in [0.717, 1.165) is 25.2 Å². The van der Waals surface area contributed by atoms with Crippen molar-refractivity contribution < 1.29 is 0 Å². The molecular weight excluding hydrogens is 214 g/mol. The van der Waals surface area contributed by atoms with Gasteiger partial charge in [-0.1, -0.05) is 19.1 Å². The maximum absolute atomic E-state index is 6.33. The van der Waals surface area contributed by atoms with Crippen LogP contribution in [0.15, 0.2) is 6.20 Å². The van der Waals surface area contributed by atoms with Gasteiger partial charge in [-0.05, 0) is 26.9 Å². The summed E-state index contributed by atoms with van der Waals surface area (Å²) >= 11 is 0. The van der Waals surface area contributed by atoms with E-state index in [9.17, 15) is 0 Å². The van der Waals surface area contributed by atoms with Gasteiger partial charge in [-0.15, -0.1) is 5.10 Å². The van der Waals surface area contributed by atoms with E-state index in [0.29, 0.717) is 0 Å². The van der Waals surface area contributed by atoms with Crippen LogP contribution in [0, 0.1) is 0 Å². The molecule has 0 aliphatic heterocycles. The Morgan fingerprint density at radius 1 is 1.41 bits per heavy atom. The summed E-state index contributed by atoms with van der Waals surface area (Å²) in [5.74, 6) is 0. The molecule has 5 nitrogen and oxygen atoms in total. The highest BCUT2D eigenvalue weighted by Crippen LogP contribution is 2.19. The van der Waals surface area contributed by atoms with Crippen molar-refractivity contribution in [1.29, 1.82) is 0 Å². The van der Waals surface area contributed by atoms with Gasteiger partial charge in [-0.25, -0.2) is 0 Å². The third-order valence-corrected chi connectivity index (χ3v) is 3.57. The van der Waals surface area contributed by atoms with Gasteiger partial charge in [0.2, 0.25) is 0 Å². The van der Waals surface area contributed by atoms with E-state index in [-0.39, 0.29) is 11.6 Å². The van der Waals surface area contributed by atoms with Crippen molar-refractivity contribution in [3.8, 4) is 0 Å². The summed E-state index contributed by atoms with van der Waals surface area (Å²) in [5.41, 5.74) is 7.26. The Morgan fingerprint density at radius 3 is 2.41 bits per heavy atom. The molecule has 0 radical (unpaired) electrons. The second kappa shape index (κ2) is 5.60. The number of likely N-dealkylation sites (N-methyl/N-ethyl adjacent to an activating group) is 1. The highest BCUT2D eigenvalue weighted by atomic mass is 15.4. The molecule has 0 saturated heterocycles. The SMILES string of the molecule is CCN(CC)C(C)(C)C(N)Cc1cn(C)nn1. The third kappa shape index (κ3) is 3.26. The van der Waals surface area contributed by atoms with Crippen LogP contribution in [-0.2, 0) is 13.5 Å². The average molecular weight is 239 g/mol. The molecule has 1 rings (SSSR count). The Labute approximate surface area is 104 Å². The van der Waals surface area contributed by atoms with Crippen molar-refractivity contribution in [3.05, 3.63) is 11.9 Å². The van der Waals surface area contributed by atoms with Gasteiger partial charge in [0, 0.05) is 31.2 Å². The van der Waals surface area contributed by atoms with Crippen LogP contribution in [0.3, 0.4) is 0 Å². The van der Waals surface area contributed by atoms with Gasteiger partial charge in [-0.3, -0.25) is 9.58 Å². The molecule has 0 aliphatic carbocycles. The van der Waals surface area contributed by atoms with Gasteiger partial charge in [0.1, 0.15) is 0 Å². The zero-order valence-electron chi connectivity index (χ0n) is 11.6. The predicted octanol–water partition coefficient (Wildman–Crippen LogP) is 0.805. The maximum atomic E-state index is 6.33. The lowest BCUT2D eigenvalue weighted by Gasteiger charge is -2.41. The summed E-state index contributed by atoms with van der Waals surface area (Å²) in [4.78, 5) is 2.38. The molecule has 0 aliphatic rings. The lowest BCUT2D eigenvalue weighted by Crippen LogP contribution is -2.56. The van der Waals surface area contributed by atoms with Crippen molar-refractivity contribution >= 4 is 0 Å². The molecule has 0 spiro atoms. The van der Waals surface area contributed by atoms with E-state index in [2.05, 4.69) is 42.9 Å². The number of nitrogens with two attached hydrogens (primary N) is 1. The minimum atomic E-state index is -0.0268. The Kier molecular flexibility index (Phi) is 4.65. The molecule has 2 N–H and O–H groups in total. The molecule has 98 valence electrons. The Morgan fingerprint density at radius 2 is 2.00 bits per heavy atom. The maximum Gasteiger partial charge on any atom is 0.0843 e. The van der Waals surface area contributed by atoms with E-state index < -0.39 is 0 Å². The quantitative estimate of drug-likeness (QED) is 0.798. The summed E-state index contributed by atoms with van der Waals surface area (Å²) in [6, 6.07) is 0.0547. The second-order valence-electron chi connectivity index (χ2n) is 5.02.